The van der Waals surface area contributed by atoms with Gasteiger partial charge in [-0.3, -0.25) is 14.9 Å². The summed E-state index contributed by atoms with van der Waals surface area (Å²) in [6.45, 7) is 0. The molecule has 0 spiro atoms. The van der Waals surface area contributed by atoms with Crippen molar-refractivity contribution in [1.82, 2.24) is 0 Å². The summed E-state index contributed by atoms with van der Waals surface area (Å²) >= 11 is 1.39. The van der Waals surface area contributed by atoms with Gasteiger partial charge in [-0.2, -0.15) is 0 Å². The lowest BCUT2D eigenvalue weighted by atomic mass is 10.1. The number of carbonyl (C=O) groups excluding carboxylic acids is 2. The molecule has 8 heteroatoms. The molecular formula is C18H16N2O5S. The number of carbonyl (C=O) groups is 2. The highest BCUT2D eigenvalue weighted by atomic mass is 32.1. The number of rotatable bonds is 5. The van der Waals surface area contributed by atoms with Crippen LogP contribution < -0.4 is 5.32 Å². The number of non-ortho nitro benzene ring substituents is 1. The molecule has 0 bridgehead atoms. The van der Waals surface area contributed by atoms with Crippen molar-refractivity contribution >= 4 is 40.0 Å². The van der Waals surface area contributed by atoms with Gasteiger partial charge in [-0.05, 0) is 36.5 Å². The van der Waals surface area contributed by atoms with Crippen molar-refractivity contribution in [2.24, 2.45) is 0 Å². The first-order chi connectivity index (χ1) is 12.5. The molecular weight excluding hydrogens is 356 g/mol. The number of esters is 1. The number of fused-ring (bicyclic) bond motifs is 1. The predicted molar refractivity (Wildman–Crippen MR) is 98.4 cm³/mol. The number of ether oxygens (including phenoxy) is 1. The maximum Gasteiger partial charge on any atom is 0.341 e. The summed E-state index contributed by atoms with van der Waals surface area (Å²) in [6, 6.07) is 5.97. The number of nitro benzene ring substituents is 1. The highest BCUT2D eigenvalue weighted by Gasteiger charge is 2.27. The van der Waals surface area contributed by atoms with Crippen LogP contribution in [0.25, 0.3) is 6.08 Å². The SMILES string of the molecule is COC(=O)c1c(NC(=O)C=Cc2cccc([N+](=O)[O-])c2)sc2c1CCC2. The zero-order valence-corrected chi connectivity index (χ0v) is 14.8. The van der Waals surface area contributed by atoms with Gasteiger partial charge >= 0.3 is 5.97 Å². The van der Waals surface area contributed by atoms with Crippen molar-refractivity contribution in [3.63, 3.8) is 0 Å². The van der Waals surface area contributed by atoms with E-state index in [9.17, 15) is 19.7 Å². The standard InChI is InChI=1S/C18H16N2O5S/c1-25-18(22)16-13-6-3-7-14(13)26-17(16)19-15(21)9-8-11-4-2-5-12(10-11)20(23)24/h2,4-5,8-10H,3,6-7H2,1H3,(H,19,21). The summed E-state index contributed by atoms with van der Waals surface area (Å²) in [4.78, 5) is 35.7. The molecule has 7 nitrogen and oxygen atoms in total. The molecule has 1 amide bonds. The van der Waals surface area contributed by atoms with Crippen LogP contribution in [0.5, 0.6) is 0 Å². The Bertz CT molecular complexity index is 916. The summed E-state index contributed by atoms with van der Waals surface area (Å²) in [5, 5.41) is 14.0. The highest BCUT2D eigenvalue weighted by Crippen LogP contribution is 2.39. The van der Waals surface area contributed by atoms with Crippen LogP contribution in [0.1, 0.15) is 32.8 Å². The Morgan fingerprint density at radius 2 is 2.15 bits per heavy atom. The van der Waals surface area contributed by atoms with Gasteiger partial charge < -0.3 is 10.1 Å². The number of nitrogens with one attached hydrogen (secondary N) is 1. The van der Waals surface area contributed by atoms with Gasteiger partial charge in [-0.25, -0.2) is 4.79 Å². The maximum absolute atomic E-state index is 12.2. The average Bonchev–Trinajstić information content (AvgIpc) is 3.20. The molecule has 0 radical (unpaired) electrons. The van der Waals surface area contributed by atoms with Gasteiger partial charge in [0.25, 0.3) is 5.69 Å². The summed E-state index contributed by atoms with van der Waals surface area (Å²) in [7, 11) is 1.31. The van der Waals surface area contributed by atoms with Crippen molar-refractivity contribution in [3.05, 3.63) is 62.0 Å². The van der Waals surface area contributed by atoms with E-state index in [1.165, 1.54) is 42.7 Å². The molecule has 1 aromatic carbocycles. The van der Waals surface area contributed by atoms with Crippen LogP contribution in [0.4, 0.5) is 10.7 Å². The average molecular weight is 372 g/mol. The van der Waals surface area contributed by atoms with Gasteiger partial charge in [0.1, 0.15) is 5.00 Å². The van der Waals surface area contributed by atoms with E-state index in [0.29, 0.717) is 16.1 Å². The Morgan fingerprint density at radius 1 is 1.35 bits per heavy atom. The molecule has 1 aliphatic carbocycles. The lowest BCUT2D eigenvalue weighted by Crippen LogP contribution is -2.12. The molecule has 1 aromatic heterocycles. The van der Waals surface area contributed by atoms with E-state index in [2.05, 4.69) is 5.32 Å². The molecule has 0 saturated carbocycles. The van der Waals surface area contributed by atoms with E-state index >= 15 is 0 Å². The predicted octanol–water partition coefficient (Wildman–Crippen LogP) is 3.58. The number of aryl methyl sites for hydroxylation is 1. The number of thiophene rings is 1. The van der Waals surface area contributed by atoms with Crippen LogP contribution >= 0.6 is 11.3 Å². The van der Waals surface area contributed by atoms with Crippen LogP contribution in [0.2, 0.25) is 0 Å². The smallest absolute Gasteiger partial charge is 0.341 e. The molecule has 2 aromatic rings. The fraction of sp³-hybridized carbons (Fsp3) is 0.222. The Labute approximate surface area is 153 Å². The fourth-order valence-corrected chi connectivity index (χ4v) is 4.16. The van der Waals surface area contributed by atoms with E-state index in [-0.39, 0.29) is 5.69 Å². The van der Waals surface area contributed by atoms with Crippen molar-refractivity contribution in [2.75, 3.05) is 12.4 Å². The van der Waals surface area contributed by atoms with E-state index in [0.717, 1.165) is 29.7 Å². The minimum atomic E-state index is -0.493. The molecule has 1 N–H and O–H groups in total. The fourth-order valence-electron chi connectivity index (χ4n) is 2.88. The number of benzene rings is 1. The van der Waals surface area contributed by atoms with Crippen LogP contribution in [0.3, 0.4) is 0 Å². The van der Waals surface area contributed by atoms with Gasteiger partial charge in [0, 0.05) is 23.1 Å². The van der Waals surface area contributed by atoms with Crippen LogP contribution in [0.15, 0.2) is 30.3 Å². The van der Waals surface area contributed by atoms with Crippen LogP contribution in [0, 0.1) is 10.1 Å². The topological polar surface area (TPSA) is 98.5 Å². The molecule has 0 saturated heterocycles. The number of hydrogen-bond donors (Lipinski definition) is 1. The third-order valence-corrected chi connectivity index (χ3v) is 5.26. The van der Waals surface area contributed by atoms with Gasteiger partial charge in [-0.15, -0.1) is 11.3 Å². The second-order valence-electron chi connectivity index (χ2n) is 5.73. The van der Waals surface area contributed by atoms with Gasteiger partial charge in [0.05, 0.1) is 17.6 Å². The monoisotopic (exact) mass is 372 g/mol. The zero-order valence-electron chi connectivity index (χ0n) is 14.0. The third kappa shape index (κ3) is 3.65. The Hall–Kier alpha value is -3.00. The van der Waals surface area contributed by atoms with Gasteiger partial charge in [0.2, 0.25) is 5.91 Å². The molecule has 0 unspecified atom stereocenters. The summed E-state index contributed by atoms with van der Waals surface area (Å²) in [5.74, 6) is -0.871. The lowest BCUT2D eigenvalue weighted by molar-refractivity contribution is -0.384. The largest absolute Gasteiger partial charge is 0.465 e. The Morgan fingerprint density at radius 3 is 2.88 bits per heavy atom. The van der Waals surface area contributed by atoms with Crippen LogP contribution in [-0.4, -0.2) is 23.9 Å². The molecule has 0 aliphatic heterocycles. The van der Waals surface area contributed by atoms with E-state index in [1.54, 1.807) is 12.1 Å². The quantitative estimate of drug-likeness (QED) is 0.374. The van der Waals surface area contributed by atoms with Gasteiger partial charge in [-0.1, -0.05) is 12.1 Å². The van der Waals surface area contributed by atoms with Crippen LogP contribution in [-0.2, 0) is 22.4 Å². The maximum atomic E-state index is 12.2. The number of nitrogens with zero attached hydrogens (tertiary/aromatic N) is 1. The molecule has 1 aliphatic rings. The molecule has 0 fully saturated rings. The first-order valence-corrected chi connectivity index (χ1v) is 8.77. The first kappa shape index (κ1) is 17.8. The minimum absolute atomic E-state index is 0.0461. The summed E-state index contributed by atoms with van der Waals surface area (Å²) in [6.07, 6.45) is 5.46. The second kappa shape index (κ2) is 7.49. The Kier molecular flexibility index (Phi) is 5.13. The third-order valence-electron chi connectivity index (χ3n) is 4.06. The van der Waals surface area contributed by atoms with Crippen molar-refractivity contribution in [2.45, 2.75) is 19.3 Å². The lowest BCUT2D eigenvalue weighted by Gasteiger charge is -2.05. The van der Waals surface area contributed by atoms with Crippen molar-refractivity contribution in [3.8, 4) is 0 Å². The minimum Gasteiger partial charge on any atom is -0.465 e. The van der Waals surface area contributed by atoms with E-state index < -0.39 is 16.8 Å². The van der Waals surface area contributed by atoms with Crippen molar-refractivity contribution < 1.29 is 19.2 Å². The molecule has 1 heterocycles. The highest BCUT2D eigenvalue weighted by molar-refractivity contribution is 7.17. The first-order valence-electron chi connectivity index (χ1n) is 7.96. The van der Waals surface area contributed by atoms with Crippen molar-refractivity contribution in [1.29, 1.82) is 0 Å². The van der Waals surface area contributed by atoms with E-state index in [1.807, 2.05) is 0 Å². The number of amides is 1. The number of methoxy groups -OCH3 is 1. The number of anilines is 1. The number of hydrogen-bond acceptors (Lipinski definition) is 6. The van der Waals surface area contributed by atoms with Gasteiger partial charge in [0.15, 0.2) is 0 Å². The molecule has 3 rings (SSSR count). The zero-order chi connectivity index (χ0) is 18.7. The molecule has 0 atom stereocenters. The molecule has 26 heavy (non-hydrogen) atoms. The summed E-state index contributed by atoms with van der Waals surface area (Å²) in [5.41, 5.74) is 1.88. The molecule has 134 valence electrons. The normalized spacial score (nSPS) is 12.8. The number of nitro groups is 1. The second-order valence-corrected chi connectivity index (χ2v) is 6.83. The summed E-state index contributed by atoms with van der Waals surface area (Å²) < 4.78 is 4.84. The Balaban J connectivity index is 1.78. The van der Waals surface area contributed by atoms with E-state index in [4.69, 9.17) is 4.74 Å².